The Morgan fingerprint density at radius 1 is 1.25 bits per heavy atom. The summed E-state index contributed by atoms with van der Waals surface area (Å²) in [6, 6.07) is 12.7. The minimum absolute atomic E-state index is 0.149. The van der Waals surface area contributed by atoms with Gasteiger partial charge in [0.15, 0.2) is 0 Å². The highest BCUT2D eigenvalue weighted by molar-refractivity contribution is 6.13. The van der Waals surface area contributed by atoms with Crippen LogP contribution in [0.2, 0.25) is 0 Å². The zero-order valence-corrected chi connectivity index (χ0v) is 16.2. The maximum Gasteiger partial charge on any atom is 0.335 e. The van der Waals surface area contributed by atoms with Crippen molar-refractivity contribution in [2.24, 2.45) is 4.99 Å². The molecule has 1 unspecified atom stereocenters. The number of hydrogen-bond acceptors (Lipinski definition) is 4. The molecule has 28 heavy (non-hydrogen) atoms. The number of anilines is 1. The van der Waals surface area contributed by atoms with E-state index in [4.69, 9.17) is 5.11 Å². The average Bonchev–Trinajstić information content (AvgIpc) is 3.00. The van der Waals surface area contributed by atoms with Crippen LogP contribution in [0.25, 0.3) is 0 Å². The van der Waals surface area contributed by atoms with Gasteiger partial charge in [0.1, 0.15) is 5.92 Å². The lowest BCUT2D eigenvalue weighted by atomic mass is 10.0. The second-order valence-electron chi connectivity index (χ2n) is 7.11. The van der Waals surface area contributed by atoms with Crippen molar-refractivity contribution < 1.29 is 14.7 Å². The lowest BCUT2D eigenvalue weighted by molar-refractivity contribution is -0.115. The monoisotopic (exact) mass is 379 g/mol. The minimum atomic E-state index is -1.02. The van der Waals surface area contributed by atoms with Crippen molar-refractivity contribution in [1.29, 1.82) is 0 Å². The maximum atomic E-state index is 12.2. The first kappa shape index (κ1) is 19.8. The van der Waals surface area contributed by atoms with E-state index in [0.717, 1.165) is 24.3 Å². The number of carbonyl (C=O) groups is 2. The molecule has 1 aliphatic heterocycles. The molecule has 0 spiro atoms. The molecule has 2 N–H and O–H groups in total. The average molecular weight is 379 g/mol. The molecule has 146 valence electrons. The molecule has 2 aromatic carbocycles. The smallest absolute Gasteiger partial charge is 0.335 e. The Kier molecular flexibility index (Phi) is 6.21. The molecule has 1 atom stereocenters. The van der Waals surface area contributed by atoms with Crippen molar-refractivity contribution in [2.75, 3.05) is 18.9 Å². The summed E-state index contributed by atoms with van der Waals surface area (Å²) in [5.74, 6) is -1.73. The largest absolute Gasteiger partial charge is 0.478 e. The molecule has 0 aliphatic carbocycles. The van der Waals surface area contributed by atoms with Crippen LogP contribution in [0.4, 0.5) is 11.4 Å². The van der Waals surface area contributed by atoms with Crippen molar-refractivity contribution in [3.8, 4) is 0 Å². The van der Waals surface area contributed by atoms with E-state index in [2.05, 4.69) is 41.3 Å². The third-order valence-electron chi connectivity index (χ3n) is 4.83. The molecule has 1 amide bonds. The van der Waals surface area contributed by atoms with E-state index in [1.165, 1.54) is 30.5 Å². The number of amides is 1. The summed E-state index contributed by atoms with van der Waals surface area (Å²) >= 11 is 0. The van der Waals surface area contributed by atoms with Gasteiger partial charge in [0, 0.05) is 18.4 Å². The van der Waals surface area contributed by atoms with E-state index in [9.17, 15) is 9.59 Å². The normalized spacial score (nSPS) is 15.8. The first-order valence-corrected chi connectivity index (χ1v) is 9.47. The van der Waals surface area contributed by atoms with Crippen LogP contribution in [0.15, 0.2) is 47.5 Å². The molecular weight excluding hydrogens is 354 g/mol. The SMILES string of the molecule is CCCCN(C)Cc1ccc(N=CC2C(=O)Nc3cc(C(=O)O)ccc32)cc1. The number of rotatable bonds is 8. The van der Waals surface area contributed by atoms with E-state index in [0.29, 0.717) is 5.69 Å². The Hall–Kier alpha value is -2.99. The Morgan fingerprint density at radius 2 is 2.00 bits per heavy atom. The summed E-state index contributed by atoms with van der Waals surface area (Å²) in [7, 11) is 2.12. The molecular formula is C22H25N3O3. The van der Waals surface area contributed by atoms with Gasteiger partial charge < -0.3 is 15.3 Å². The van der Waals surface area contributed by atoms with E-state index in [1.54, 1.807) is 12.3 Å². The van der Waals surface area contributed by atoms with Crippen molar-refractivity contribution in [1.82, 2.24) is 4.90 Å². The number of carbonyl (C=O) groups excluding carboxylic acids is 1. The Balaban J connectivity index is 1.67. The number of unbranched alkanes of at least 4 members (excludes halogenated alkanes) is 1. The van der Waals surface area contributed by atoms with E-state index in [-0.39, 0.29) is 11.5 Å². The van der Waals surface area contributed by atoms with Crippen molar-refractivity contribution >= 4 is 29.5 Å². The minimum Gasteiger partial charge on any atom is -0.478 e. The zero-order chi connectivity index (χ0) is 20.1. The number of nitrogens with one attached hydrogen (secondary N) is 1. The van der Waals surface area contributed by atoms with Crippen LogP contribution in [-0.2, 0) is 11.3 Å². The number of hydrogen-bond donors (Lipinski definition) is 2. The summed E-state index contributed by atoms with van der Waals surface area (Å²) in [6.45, 7) is 4.17. The number of aromatic carboxylic acids is 1. The van der Waals surface area contributed by atoms with Gasteiger partial charge in [-0.05, 0) is 55.4 Å². The number of fused-ring (bicyclic) bond motifs is 1. The number of nitrogens with zero attached hydrogens (tertiary/aromatic N) is 2. The van der Waals surface area contributed by atoms with Crippen LogP contribution in [-0.4, -0.2) is 41.7 Å². The van der Waals surface area contributed by atoms with Crippen molar-refractivity contribution in [3.63, 3.8) is 0 Å². The molecule has 0 aromatic heterocycles. The van der Waals surface area contributed by atoms with Gasteiger partial charge in [-0.3, -0.25) is 9.79 Å². The number of carboxylic acids is 1. The van der Waals surface area contributed by atoms with Gasteiger partial charge in [-0.2, -0.15) is 0 Å². The van der Waals surface area contributed by atoms with E-state index < -0.39 is 11.9 Å². The van der Waals surface area contributed by atoms with Gasteiger partial charge in [-0.15, -0.1) is 0 Å². The van der Waals surface area contributed by atoms with Crippen LogP contribution in [0.3, 0.4) is 0 Å². The van der Waals surface area contributed by atoms with Crippen LogP contribution in [0, 0.1) is 0 Å². The van der Waals surface area contributed by atoms with Gasteiger partial charge in [-0.25, -0.2) is 4.79 Å². The highest BCUT2D eigenvalue weighted by Gasteiger charge is 2.29. The second kappa shape index (κ2) is 8.80. The van der Waals surface area contributed by atoms with Crippen LogP contribution < -0.4 is 5.32 Å². The van der Waals surface area contributed by atoms with E-state index in [1.807, 2.05) is 12.1 Å². The van der Waals surface area contributed by atoms with Crippen LogP contribution in [0.5, 0.6) is 0 Å². The standard InChI is InChI=1S/C22H25N3O3/c1-3-4-11-25(2)14-15-5-8-17(9-6-15)23-13-19-18-10-7-16(22(27)28)12-20(18)24-21(19)26/h5-10,12-13,19H,3-4,11,14H2,1-2H3,(H,24,26)(H,27,28). The molecule has 0 radical (unpaired) electrons. The molecule has 0 saturated heterocycles. The predicted octanol–water partition coefficient (Wildman–Crippen LogP) is 4.05. The van der Waals surface area contributed by atoms with Gasteiger partial charge in [0.05, 0.1) is 11.3 Å². The van der Waals surface area contributed by atoms with Crippen LogP contribution >= 0.6 is 0 Å². The van der Waals surface area contributed by atoms with Gasteiger partial charge in [0.25, 0.3) is 0 Å². The maximum absolute atomic E-state index is 12.2. The Bertz CT molecular complexity index is 890. The molecule has 6 nitrogen and oxygen atoms in total. The topological polar surface area (TPSA) is 82.0 Å². The highest BCUT2D eigenvalue weighted by Crippen LogP contribution is 2.32. The Labute approximate surface area is 164 Å². The third-order valence-corrected chi connectivity index (χ3v) is 4.83. The first-order chi connectivity index (χ1) is 13.5. The van der Waals surface area contributed by atoms with Gasteiger partial charge in [-0.1, -0.05) is 31.5 Å². The van der Waals surface area contributed by atoms with Crippen molar-refractivity contribution in [3.05, 3.63) is 59.2 Å². The first-order valence-electron chi connectivity index (χ1n) is 9.47. The summed E-state index contributed by atoms with van der Waals surface area (Å²) < 4.78 is 0. The summed E-state index contributed by atoms with van der Waals surface area (Å²) in [6.07, 6.45) is 4.00. The highest BCUT2D eigenvalue weighted by atomic mass is 16.4. The van der Waals surface area contributed by atoms with E-state index >= 15 is 0 Å². The number of aliphatic imine (C=N–C) groups is 1. The number of carboxylic acid groups (broad SMARTS) is 1. The predicted molar refractivity (Wildman–Crippen MR) is 111 cm³/mol. The van der Waals surface area contributed by atoms with Crippen molar-refractivity contribution in [2.45, 2.75) is 32.2 Å². The summed E-state index contributed by atoms with van der Waals surface area (Å²) in [4.78, 5) is 30.1. The van der Waals surface area contributed by atoms with Gasteiger partial charge >= 0.3 is 5.97 Å². The molecule has 2 aromatic rings. The fraction of sp³-hybridized carbons (Fsp3) is 0.318. The molecule has 0 saturated carbocycles. The molecule has 6 heteroatoms. The fourth-order valence-corrected chi connectivity index (χ4v) is 3.24. The lowest BCUT2D eigenvalue weighted by Crippen LogP contribution is -2.18. The summed E-state index contributed by atoms with van der Waals surface area (Å²) in [5, 5.41) is 11.8. The lowest BCUT2D eigenvalue weighted by Gasteiger charge is -2.16. The molecule has 0 fully saturated rings. The fourth-order valence-electron chi connectivity index (χ4n) is 3.24. The molecule has 0 bridgehead atoms. The van der Waals surface area contributed by atoms with Gasteiger partial charge in [0.2, 0.25) is 5.91 Å². The Morgan fingerprint density at radius 3 is 2.68 bits per heavy atom. The molecule has 1 aliphatic rings. The second-order valence-corrected chi connectivity index (χ2v) is 7.11. The summed E-state index contributed by atoms with van der Waals surface area (Å²) in [5.41, 5.74) is 3.43. The quantitative estimate of drug-likeness (QED) is 0.678. The molecule has 3 rings (SSSR count). The third kappa shape index (κ3) is 4.64. The zero-order valence-electron chi connectivity index (χ0n) is 16.2. The van der Waals surface area contributed by atoms with Crippen LogP contribution in [0.1, 0.15) is 47.2 Å². The number of benzene rings is 2. The molecule has 1 heterocycles.